The molecule has 0 saturated heterocycles. The molecule has 0 bridgehead atoms. The van der Waals surface area contributed by atoms with E-state index in [0.717, 1.165) is 36.6 Å². The van der Waals surface area contributed by atoms with Gasteiger partial charge in [-0.3, -0.25) is 14.6 Å². The number of aryl methyl sites for hydroxylation is 1. The van der Waals surface area contributed by atoms with E-state index in [1.807, 2.05) is 0 Å². The highest BCUT2D eigenvalue weighted by Gasteiger charge is 2.60. The summed E-state index contributed by atoms with van der Waals surface area (Å²) in [7, 11) is 0. The summed E-state index contributed by atoms with van der Waals surface area (Å²) in [6, 6.07) is 9.61. The number of amides is 4. The first-order valence-corrected chi connectivity index (χ1v) is 16.0. The normalized spacial score (nSPS) is 19.6. The monoisotopic (exact) mass is 692 g/mol. The van der Waals surface area contributed by atoms with Crippen molar-refractivity contribution in [2.24, 2.45) is 11.7 Å². The largest absolute Gasteiger partial charge is 0.489 e. The van der Waals surface area contributed by atoms with E-state index in [0.29, 0.717) is 23.7 Å². The van der Waals surface area contributed by atoms with Crippen molar-refractivity contribution in [3.05, 3.63) is 82.9 Å². The van der Waals surface area contributed by atoms with Crippen molar-refractivity contribution in [3.63, 3.8) is 0 Å². The number of aliphatic hydroxyl groups is 1. The van der Waals surface area contributed by atoms with Gasteiger partial charge in [0.05, 0.1) is 23.4 Å². The fourth-order valence-electron chi connectivity index (χ4n) is 6.41. The average molecular weight is 693 g/mol. The van der Waals surface area contributed by atoms with Gasteiger partial charge in [-0.2, -0.15) is 13.2 Å². The van der Waals surface area contributed by atoms with Crippen molar-refractivity contribution in [3.8, 4) is 17.0 Å². The number of rotatable bonds is 9. The molecule has 2 saturated carbocycles. The Kier molecular flexibility index (Phi) is 7.92. The van der Waals surface area contributed by atoms with E-state index in [1.165, 1.54) is 24.3 Å². The minimum Gasteiger partial charge on any atom is -0.489 e. The maximum Gasteiger partial charge on any atom is 0.424 e. The molecule has 1 aliphatic heterocycles. The van der Waals surface area contributed by atoms with Crippen LogP contribution < -0.4 is 26.4 Å². The van der Waals surface area contributed by atoms with Crippen LogP contribution in [0.5, 0.6) is 5.75 Å². The van der Waals surface area contributed by atoms with Gasteiger partial charge in [0.1, 0.15) is 29.3 Å². The van der Waals surface area contributed by atoms with Crippen LogP contribution in [-0.2, 0) is 15.8 Å². The topological polar surface area (TPSA) is 169 Å². The second-order valence-corrected chi connectivity index (χ2v) is 13.2. The molecule has 3 aliphatic rings. The molecule has 0 radical (unpaired) electrons. The molecule has 3 heterocycles. The zero-order valence-corrected chi connectivity index (χ0v) is 26.7. The lowest BCUT2D eigenvalue weighted by Crippen LogP contribution is -2.52. The number of ether oxygens (including phenoxy) is 1. The van der Waals surface area contributed by atoms with Crippen molar-refractivity contribution in [2.45, 2.75) is 55.8 Å². The Hall–Kier alpha value is -5.31. The third-order valence-electron chi connectivity index (χ3n) is 9.47. The number of nitrogens with two attached hydrogens (primary N) is 1. The number of carbonyl (C=O) groups is 3. The predicted octanol–water partition coefficient (Wildman–Crippen LogP) is 4.73. The molecule has 0 spiro atoms. The summed E-state index contributed by atoms with van der Waals surface area (Å²) < 4.78 is 64.7. The van der Waals surface area contributed by atoms with Gasteiger partial charge in [-0.1, -0.05) is 0 Å². The van der Waals surface area contributed by atoms with Gasteiger partial charge < -0.3 is 31.5 Å². The van der Waals surface area contributed by atoms with Crippen LogP contribution in [0.15, 0.2) is 54.7 Å². The maximum atomic E-state index is 15.0. The molecular weight excluding hydrogens is 660 g/mol. The zero-order valence-electron chi connectivity index (χ0n) is 26.7. The van der Waals surface area contributed by atoms with E-state index >= 15 is 0 Å². The number of benzene rings is 2. The molecule has 2 aromatic heterocycles. The second kappa shape index (κ2) is 11.9. The summed E-state index contributed by atoms with van der Waals surface area (Å²) in [6.07, 6.45) is -1.01. The summed E-state index contributed by atoms with van der Waals surface area (Å²) in [6.45, 7) is 0.140. The van der Waals surface area contributed by atoms with Gasteiger partial charge >= 0.3 is 12.2 Å². The van der Waals surface area contributed by atoms with Gasteiger partial charge in [-0.05, 0) is 92.6 Å². The molecule has 2 aliphatic carbocycles. The van der Waals surface area contributed by atoms with Crippen molar-refractivity contribution in [2.75, 3.05) is 18.5 Å². The number of hydrogen-bond acceptors (Lipinski definition) is 7. The molecule has 11 nitrogen and oxygen atoms in total. The van der Waals surface area contributed by atoms with E-state index in [4.69, 9.17) is 10.5 Å². The smallest absolute Gasteiger partial charge is 0.424 e. The number of carbonyl (C=O) groups excluding carboxylic acids is 3. The van der Waals surface area contributed by atoms with Gasteiger partial charge in [0.25, 0.3) is 5.91 Å². The van der Waals surface area contributed by atoms with Crippen LogP contribution in [0.1, 0.15) is 52.9 Å². The number of halogens is 4. The van der Waals surface area contributed by atoms with Gasteiger partial charge in [-0.25, -0.2) is 14.2 Å². The van der Waals surface area contributed by atoms with E-state index in [-0.39, 0.29) is 52.4 Å². The average Bonchev–Trinajstić information content (AvgIpc) is 4.01. The fraction of sp³-hybridized carbons (Fsp3) is 0.343. The number of nitrogens with zero attached hydrogens (tertiary/aromatic N) is 2. The number of urea groups is 1. The van der Waals surface area contributed by atoms with E-state index in [2.05, 4.69) is 25.9 Å². The third kappa shape index (κ3) is 5.84. The molecule has 260 valence electrons. The van der Waals surface area contributed by atoms with Crippen LogP contribution in [0.2, 0.25) is 0 Å². The number of hydrogen-bond donors (Lipinski definition) is 5. The summed E-state index contributed by atoms with van der Waals surface area (Å²) >= 11 is 0. The summed E-state index contributed by atoms with van der Waals surface area (Å²) in [4.78, 5) is 47.6. The molecule has 50 heavy (non-hydrogen) atoms. The van der Waals surface area contributed by atoms with Crippen molar-refractivity contribution in [1.29, 1.82) is 0 Å². The Morgan fingerprint density at radius 3 is 2.42 bits per heavy atom. The Balaban J connectivity index is 1.27. The molecule has 15 heteroatoms. The lowest BCUT2D eigenvalue weighted by molar-refractivity contribution is -0.265. The fourth-order valence-corrected chi connectivity index (χ4v) is 6.41. The molecule has 6 N–H and O–H groups in total. The Bertz CT molecular complexity index is 2050. The summed E-state index contributed by atoms with van der Waals surface area (Å²) in [5, 5.41) is 19.6. The number of primary amides is 1. The van der Waals surface area contributed by atoms with Crippen LogP contribution in [0.25, 0.3) is 22.2 Å². The van der Waals surface area contributed by atoms with E-state index in [1.54, 1.807) is 19.2 Å². The Labute approximate surface area is 282 Å². The van der Waals surface area contributed by atoms with Crippen LogP contribution in [-0.4, -0.2) is 58.3 Å². The predicted molar refractivity (Wildman–Crippen MR) is 173 cm³/mol. The molecule has 7 rings (SSSR count). The standard InChI is InChI=1S/C35H32F4N6O5/c1-17-10-19-11-20(12-25(27(19)41-14-17)44-32(48)43-23-8-9-23)30(46)42-15-34(49,35(37,38)39)26-13-24-29(28(45-26)18-2-6-22(36)7-3-18)50-16-33(24,31(40)47)21-4-5-21/h2-3,6-7,10-14,21,23,49H,4-5,8-9,15-16H2,1H3,(H2,40,47)(H,42,46)(H2,43,44,48)/t33-,34+/m1/s1. The van der Waals surface area contributed by atoms with Gasteiger partial charge in [0, 0.05) is 34.3 Å². The number of aromatic nitrogens is 2. The first-order chi connectivity index (χ1) is 23.7. The number of fused-ring (bicyclic) bond motifs is 2. The van der Waals surface area contributed by atoms with Crippen molar-refractivity contribution >= 4 is 34.4 Å². The van der Waals surface area contributed by atoms with Gasteiger partial charge in [0.15, 0.2) is 0 Å². The lowest BCUT2D eigenvalue weighted by atomic mass is 9.76. The number of pyridine rings is 2. The van der Waals surface area contributed by atoms with E-state index in [9.17, 15) is 37.1 Å². The van der Waals surface area contributed by atoms with Crippen LogP contribution >= 0.6 is 0 Å². The van der Waals surface area contributed by atoms with E-state index < -0.39 is 53.1 Å². The molecule has 0 unspecified atom stereocenters. The summed E-state index contributed by atoms with van der Waals surface area (Å²) in [5.41, 5.74) is 0.855. The maximum absolute atomic E-state index is 15.0. The zero-order chi connectivity index (χ0) is 35.6. The molecule has 4 aromatic rings. The molecule has 2 fully saturated rings. The quantitative estimate of drug-likeness (QED) is 0.158. The van der Waals surface area contributed by atoms with Crippen LogP contribution in [0.4, 0.5) is 28.0 Å². The van der Waals surface area contributed by atoms with Gasteiger partial charge in [0.2, 0.25) is 11.5 Å². The minimum atomic E-state index is -5.39. The van der Waals surface area contributed by atoms with Crippen LogP contribution in [0.3, 0.4) is 0 Å². The van der Waals surface area contributed by atoms with Crippen molar-refractivity contribution < 1.29 is 41.8 Å². The van der Waals surface area contributed by atoms with Crippen LogP contribution in [0, 0.1) is 18.7 Å². The number of anilines is 1. The highest BCUT2D eigenvalue weighted by molar-refractivity contribution is 6.05. The highest BCUT2D eigenvalue weighted by atomic mass is 19.4. The number of alkyl halides is 3. The molecule has 4 amide bonds. The third-order valence-corrected chi connectivity index (χ3v) is 9.47. The van der Waals surface area contributed by atoms with Crippen molar-refractivity contribution in [1.82, 2.24) is 20.6 Å². The first-order valence-electron chi connectivity index (χ1n) is 16.0. The molecule has 2 aromatic carbocycles. The molecule has 2 atom stereocenters. The SMILES string of the molecule is Cc1cnc2c(NC(=O)NC3CC3)cc(C(=O)NC[C@](O)(c3cc4c(c(-c5ccc(F)cc5)n3)OC[C@@]4(C(N)=O)C3CC3)C(F)(F)F)cc2c1. The lowest BCUT2D eigenvalue weighted by Gasteiger charge is -2.32. The Morgan fingerprint density at radius 1 is 1.06 bits per heavy atom. The second-order valence-electron chi connectivity index (χ2n) is 13.2. The van der Waals surface area contributed by atoms with Gasteiger partial charge in [-0.15, -0.1) is 0 Å². The minimum absolute atomic E-state index is 0.00503. The molecular formula is C35H32F4N6O5. The summed E-state index contributed by atoms with van der Waals surface area (Å²) in [5.74, 6) is -2.71. The number of nitrogens with one attached hydrogen (secondary N) is 3. The Morgan fingerprint density at radius 2 is 1.78 bits per heavy atom. The first kappa shape index (κ1) is 33.2. The highest BCUT2D eigenvalue weighted by Crippen LogP contribution is 2.56.